The van der Waals surface area contributed by atoms with Crippen LogP contribution in [0.4, 0.5) is 0 Å². The predicted molar refractivity (Wildman–Crippen MR) is 100 cm³/mol. The molecule has 1 aromatic carbocycles. The molecular weight excluding hydrogens is 338 g/mol. The summed E-state index contributed by atoms with van der Waals surface area (Å²) in [5.41, 5.74) is 1.64. The maximum atomic E-state index is 12.3. The fraction of sp³-hybridized carbons (Fsp3) is 0.474. The van der Waals surface area contributed by atoms with Crippen LogP contribution in [0.2, 0.25) is 0 Å². The summed E-state index contributed by atoms with van der Waals surface area (Å²) in [5, 5.41) is 22.3. The number of thiophene rings is 1. The van der Waals surface area contributed by atoms with Crippen molar-refractivity contribution < 1.29 is 19.6 Å². The monoisotopic (exact) mass is 365 g/mol. The Hall–Kier alpha value is -1.28. The van der Waals surface area contributed by atoms with E-state index in [0.29, 0.717) is 13.2 Å². The van der Waals surface area contributed by atoms with Gasteiger partial charge in [-0.2, -0.15) is 0 Å². The zero-order chi connectivity index (χ0) is 18.4. The van der Waals surface area contributed by atoms with Gasteiger partial charge in [0, 0.05) is 22.6 Å². The second-order valence-electron chi connectivity index (χ2n) is 6.78. The van der Waals surface area contributed by atoms with Gasteiger partial charge in [0.25, 0.3) is 0 Å². The number of hydrogen-bond acceptors (Lipinski definition) is 5. The number of benzene rings is 1. The molecule has 2 atom stereocenters. The van der Waals surface area contributed by atoms with Gasteiger partial charge in [0.1, 0.15) is 6.54 Å². The molecule has 2 aromatic rings. The minimum Gasteiger partial charge on any atom is -0.632 e. The molecule has 6 heteroatoms. The van der Waals surface area contributed by atoms with Gasteiger partial charge >= 0.3 is 0 Å². The van der Waals surface area contributed by atoms with Crippen LogP contribution in [0.15, 0.2) is 36.4 Å². The molecule has 0 bridgehead atoms. The SMILES string of the molecule is CCOC(O)c1ccc(-c2ccccc2C[NH+]([O-])COC(C)(C)C)s1. The molecule has 0 aliphatic rings. The summed E-state index contributed by atoms with van der Waals surface area (Å²) in [6.45, 7) is 8.54. The first kappa shape index (κ1) is 20.0. The molecule has 138 valence electrons. The van der Waals surface area contributed by atoms with Crippen LogP contribution in [0.5, 0.6) is 0 Å². The lowest BCUT2D eigenvalue weighted by atomic mass is 10.1. The largest absolute Gasteiger partial charge is 0.632 e. The smallest absolute Gasteiger partial charge is 0.190 e. The van der Waals surface area contributed by atoms with Gasteiger partial charge in [0.05, 0.1) is 10.5 Å². The van der Waals surface area contributed by atoms with E-state index in [2.05, 4.69) is 0 Å². The van der Waals surface area contributed by atoms with E-state index in [4.69, 9.17) is 9.47 Å². The van der Waals surface area contributed by atoms with Crippen molar-refractivity contribution in [3.63, 3.8) is 0 Å². The number of aliphatic hydroxyl groups is 1. The standard InChI is InChI=1S/C19H27NO4S/c1-5-23-18(21)17-11-10-16(25-17)15-9-7-6-8-14(15)12-20(22)13-24-19(2,3)4/h6-11,18,20-21H,5,12-13H2,1-4H3. The molecule has 5 nitrogen and oxygen atoms in total. The molecule has 0 radical (unpaired) electrons. The van der Waals surface area contributed by atoms with Crippen LogP contribution in [0, 0.1) is 5.21 Å². The van der Waals surface area contributed by atoms with E-state index >= 15 is 0 Å². The first-order chi connectivity index (χ1) is 11.8. The second-order valence-corrected chi connectivity index (χ2v) is 7.90. The highest BCUT2D eigenvalue weighted by molar-refractivity contribution is 7.15. The van der Waals surface area contributed by atoms with Crippen molar-refractivity contribution in [1.29, 1.82) is 0 Å². The van der Waals surface area contributed by atoms with Gasteiger partial charge in [0.2, 0.25) is 0 Å². The summed E-state index contributed by atoms with van der Waals surface area (Å²) in [7, 11) is 0. The van der Waals surface area contributed by atoms with E-state index in [9.17, 15) is 10.3 Å². The molecule has 2 rings (SSSR count). The van der Waals surface area contributed by atoms with E-state index in [1.165, 1.54) is 11.3 Å². The van der Waals surface area contributed by atoms with Crippen LogP contribution in [0.3, 0.4) is 0 Å². The van der Waals surface area contributed by atoms with Crippen LogP contribution in [-0.4, -0.2) is 24.0 Å². The number of rotatable bonds is 8. The Kier molecular flexibility index (Phi) is 7.13. The normalized spacial score (nSPS) is 14.5. The highest BCUT2D eigenvalue weighted by Gasteiger charge is 2.16. The van der Waals surface area contributed by atoms with Crippen molar-refractivity contribution in [2.75, 3.05) is 13.3 Å². The van der Waals surface area contributed by atoms with Gasteiger partial charge < -0.3 is 24.9 Å². The molecule has 25 heavy (non-hydrogen) atoms. The van der Waals surface area contributed by atoms with Crippen molar-refractivity contribution in [3.05, 3.63) is 52.0 Å². The summed E-state index contributed by atoms with van der Waals surface area (Å²) >= 11 is 1.48. The summed E-state index contributed by atoms with van der Waals surface area (Å²) in [4.78, 5) is 1.77. The molecule has 2 unspecified atom stereocenters. The number of hydroxylamine groups is 2. The summed E-state index contributed by atoms with van der Waals surface area (Å²) in [5.74, 6) is 0. The fourth-order valence-electron chi connectivity index (χ4n) is 2.35. The first-order valence-corrected chi connectivity index (χ1v) is 9.25. The van der Waals surface area contributed by atoms with E-state index in [1.54, 1.807) is 0 Å². The van der Waals surface area contributed by atoms with Gasteiger partial charge in [-0.3, -0.25) is 0 Å². The van der Waals surface area contributed by atoms with E-state index in [0.717, 1.165) is 20.9 Å². The fourth-order valence-corrected chi connectivity index (χ4v) is 3.35. The topological polar surface area (TPSA) is 66.2 Å². The highest BCUT2D eigenvalue weighted by Crippen LogP contribution is 2.33. The van der Waals surface area contributed by atoms with Crippen LogP contribution in [-0.2, 0) is 16.0 Å². The van der Waals surface area contributed by atoms with E-state index in [1.807, 2.05) is 64.1 Å². The lowest BCUT2D eigenvalue weighted by molar-refractivity contribution is -0.886. The third-order valence-corrected chi connectivity index (χ3v) is 4.68. The quantitative estimate of drug-likeness (QED) is 0.557. The number of aliphatic hydroxyl groups excluding tert-OH is 1. The predicted octanol–water partition coefficient (Wildman–Crippen LogP) is 3.10. The summed E-state index contributed by atoms with van der Waals surface area (Å²) in [6.07, 6.45) is -0.905. The van der Waals surface area contributed by atoms with Crippen molar-refractivity contribution in [2.24, 2.45) is 0 Å². The molecule has 1 aromatic heterocycles. The molecule has 2 N–H and O–H groups in total. The molecule has 0 amide bonds. The van der Waals surface area contributed by atoms with Crippen molar-refractivity contribution in [2.45, 2.75) is 46.1 Å². The van der Waals surface area contributed by atoms with E-state index in [-0.39, 0.29) is 17.4 Å². The van der Waals surface area contributed by atoms with E-state index < -0.39 is 6.29 Å². The Morgan fingerprint density at radius 2 is 1.92 bits per heavy atom. The number of nitrogens with one attached hydrogen (secondary N) is 1. The van der Waals surface area contributed by atoms with Crippen molar-refractivity contribution in [3.8, 4) is 10.4 Å². The highest BCUT2D eigenvalue weighted by atomic mass is 32.1. The molecule has 0 saturated heterocycles. The molecule has 0 aliphatic heterocycles. The van der Waals surface area contributed by atoms with Crippen LogP contribution < -0.4 is 5.06 Å². The minimum atomic E-state index is -0.905. The van der Waals surface area contributed by atoms with Gasteiger partial charge in [-0.15, -0.1) is 11.3 Å². The van der Waals surface area contributed by atoms with Crippen molar-refractivity contribution in [1.82, 2.24) is 0 Å². The molecule has 0 aliphatic carbocycles. The molecular formula is C19H27NO4S. The Balaban J connectivity index is 2.12. The Morgan fingerprint density at radius 1 is 1.20 bits per heavy atom. The second kappa shape index (κ2) is 8.89. The zero-order valence-electron chi connectivity index (χ0n) is 15.2. The minimum absolute atomic E-state index is 0.0495. The lowest BCUT2D eigenvalue weighted by Gasteiger charge is -2.27. The summed E-state index contributed by atoms with van der Waals surface area (Å²) < 4.78 is 10.8. The molecule has 1 heterocycles. The molecule has 0 spiro atoms. The van der Waals surface area contributed by atoms with Gasteiger partial charge in [-0.1, -0.05) is 24.3 Å². The lowest BCUT2D eigenvalue weighted by Crippen LogP contribution is -3.06. The maximum absolute atomic E-state index is 12.3. The van der Waals surface area contributed by atoms with Gasteiger partial charge in [-0.05, 0) is 39.8 Å². The zero-order valence-corrected chi connectivity index (χ0v) is 16.1. The maximum Gasteiger partial charge on any atom is 0.190 e. The van der Waals surface area contributed by atoms with Crippen molar-refractivity contribution >= 4 is 11.3 Å². The Labute approximate surface area is 153 Å². The number of quaternary nitrogens is 1. The van der Waals surface area contributed by atoms with Gasteiger partial charge in [-0.25, -0.2) is 0 Å². The molecule has 0 fully saturated rings. The third-order valence-electron chi connectivity index (χ3n) is 3.53. The Morgan fingerprint density at radius 3 is 2.60 bits per heavy atom. The first-order valence-electron chi connectivity index (χ1n) is 8.43. The summed E-state index contributed by atoms with van der Waals surface area (Å²) in [6, 6.07) is 11.7. The average Bonchev–Trinajstić information content (AvgIpc) is 3.03. The number of ether oxygens (including phenoxy) is 2. The van der Waals surface area contributed by atoms with Gasteiger partial charge in [0.15, 0.2) is 13.0 Å². The molecule has 0 saturated carbocycles. The van der Waals surface area contributed by atoms with Crippen LogP contribution in [0.1, 0.15) is 44.4 Å². The number of hydrogen-bond donors (Lipinski definition) is 2. The Bertz CT molecular complexity index is 665. The third kappa shape index (κ3) is 6.18. The van der Waals surface area contributed by atoms with Crippen LogP contribution in [0.25, 0.3) is 10.4 Å². The van der Waals surface area contributed by atoms with Crippen LogP contribution >= 0.6 is 11.3 Å². The average molecular weight is 365 g/mol.